The van der Waals surface area contributed by atoms with Crippen molar-refractivity contribution < 1.29 is 9.53 Å². The summed E-state index contributed by atoms with van der Waals surface area (Å²) in [5, 5.41) is 7.75. The molecule has 6 heteroatoms. The maximum Gasteiger partial charge on any atom is 0.152 e. The van der Waals surface area contributed by atoms with E-state index in [-0.39, 0.29) is 5.78 Å². The Morgan fingerprint density at radius 1 is 1.59 bits per heavy atom. The normalized spacial score (nSPS) is 10.8. The summed E-state index contributed by atoms with van der Waals surface area (Å²) >= 11 is 6.07. The van der Waals surface area contributed by atoms with Gasteiger partial charge in [0.15, 0.2) is 5.78 Å². The molecular formula is C11H18ClN3O2. The second-order valence-corrected chi connectivity index (χ2v) is 4.23. The topological polar surface area (TPSA) is 56.1 Å². The lowest BCUT2D eigenvalue weighted by molar-refractivity contribution is -0.117. The predicted octanol–water partition coefficient (Wildman–Crippen LogP) is 0.730. The number of ether oxygens (including phenoxy) is 1. The molecule has 5 nitrogen and oxygen atoms in total. The molecule has 96 valence electrons. The molecule has 0 aliphatic rings. The quantitative estimate of drug-likeness (QED) is 0.734. The van der Waals surface area contributed by atoms with Crippen LogP contribution in [0.15, 0.2) is 0 Å². The van der Waals surface area contributed by atoms with Gasteiger partial charge in [0.1, 0.15) is 0 Å². The molecule has 0 amide bonds. The van der Waals surface area contributed by atoms with Crippen molar-refractivity contribution in [3.05, 3.63) is 16.4 Å². The summed E-state index contributed by atoms with van der Waals surface area (Å²) in [5.74, 6) is 0.0889. The van der Waals surface area contributed by atoms with Crippen LogP contribution >= 0.6 is 11.6 Å². The summed E-state index contributed by atoms with van der Waals surface area (Å²) in [6, 6.07) is 0. The number of ketones is 1. The van der Waals surface area contributed by atoms with Crippen LogP contribution in [0.4, 0.5) is 0 Å². The van der Waals surface area contributed by atoms with E-state index in [1.165, 1.54) is 0 Å². The fraction of sp³-hybridized carbons (Fsp3) is 0.636. The first-order valence-corrected chi connectivity index (χ1v) is 5.83. The number of aryl methyl sites for hydroxylation is 2. The molecule has 0 atom stereocenters. The van der Waals surface area contributed by atoms with E-state index in [2.05, 4.69) is 10.4 Å². The number of nitrogens with one attached hydrogen (secondary N) is 1. The van der Waals surface area contributed by atoms with Crippen LogP contribution in [0.5, 0.6) is 0 Å². The lowest BCUT2D eigenvalue weighted by atomic mass is 10.2. The molecule has 1 aromatic rings. The Bertz CT molecular complexity index is 390. The molecule has 0 aliphatic carbocycles. The highest BCUT2D eigenvalue weighted by Crippen LogP contribution is 2.19. The summed E-state index contributed by atoms with van der Waals surface area (Å²) in [7, 11) is 3.42. The summed E-state index contributed by atoms with van der Waals surface area (Å²) in [6.45, 7) is 3.41. The Morgan fingerprint density at radius 2 is 2.29 bits per heavy atom. The molecule has 0 radical (unpaired) electrons. The van der Waals surface area contributed by atoms with E-state index in [9.17, 15) is 4.79 Å². The summed E-state index contributed by atoms with van der Waals surface area (Å²) < 4.78 is 6.53. The fourth-order valence-corrected chi connectivity index (χ4v) is 1.75. The Balaban J connectivity index is 2.45. The van der Waals surface area contributed by atoms with Gasteiger partial charge in [0.05, 0.1) is 36.0 Å². The Kier molecular flexibility index (Phi) is 5.61. The molecule has 1 rings (SSSR count). The van der Waals surface area contributed by atoms with Gasteiger partial charge in [-0.15, -0.1) is 0 Å². The minimum atomic E-state index is 0.0889. The molecule has 0 unspecified atom stereocenters. The lowest BCUT2D eigenvalue weighted by Crippen LogP contribution is -2.27. The molecule has 0 aliphatic heterocycles. The number of nitrogens with zero attached hydrogens (tertiary/aromatic N) is 2. The number of carbonyl (C=O) groups is 1. The van der Waals surface area contributed by atoms with Crippen LogP contribution in [-0.4, -0.2) is 42.4 Å². The third kappa shape index (κ3) is 4.11. The maximum absolute atomic E-state index is 11.7. The predicted molar refractivity (Wildman–Crippen MR) is 66.4 cm³/mol. The first kappa shape index (κ1) is 14.2. The van der Waals surface area contributed by atoms with E-state index in [1.54, 1.807) is 18.8 Å². The second kappa shape index (κ2) is 6.74. The number of aromatic nitrogens is 2. The SMILES string of the molecule is COCCNCC(=O)Cc1c(Cl)c(C)nn1C. The monoisotopic (exact) mass is 259 g/mol. The van der Waals surface area contributed by atoms with Crippen LogP contribution in [0.25, 0.3) is 0 Å². The van der Waals surface area contributed by atoms with Crippen molar-refractivity contribution in [3.63, 3.8) is 0 Å². The van der Waals surface area contributed by atoms with Gasteiger partial charge in [0, 0.05) is 20.7 Å². The van der Waals surface area contributed by atoms with Gasteiger partial charge >= 0.3 is 0 Å². The zero-order valence-corrected chi connectivity index (χ0v) is 11.2. The smallest absolute Gasteiger partial charge is 0.152 e. The van der Waals surface area contributed by atoms with Crippen LogP contribution in [-0.2, 0) is 23.0 Å². The number of Topliss-reactive ketones (excluding diaryl/α,β-unsaturated/α-hetero) is 1. The van der Waals surface area contributed by atoms with E-state index in [4.69, 9.17) is 16.3 Å². The standard InChI is InChI=1S/C11H18ClN3O2/c1-8-11(12)10(15(2)14-8)6-9(16)7-13-4-5-17-3/h13H,4-7H2,1-3H3. The van der Waals surface area contributed by atoms with Crippen molar-refractivity contribution in [2.45, 2.75) is 13.3 Å². The Morgan fingerprint density at radius 3 is 2.82 bits per heavy atom. The van der Waals surface area contributed by atoms with Gasteiger partial charge in [-0.1, -0.05) is 11.6 Å². The average molecular weight is 260 g/mol. The van der Waals surface area contributed by atoms with E-state index < -0.39 is 0 Å². The average Bonchev–Trinajstić information content (AvgIpc) is 2.52. The number of hydrogen-bond acceptors (Lipinski definition) is 4. The van der Waals surface area contributed by atoms with Crippen molar-refractivity contribution in [1.29, 1.82) is 0 Å². The fourth-order valence-electron chi connectivity index (χ4n) is 1.52. The lowest BCUT2D eigenvalue weighted by Gasteiger charge is -2.04. The summed E-state index contributed by atoms with van der Waals surface area (Å²) in [5.41, 5.74) is 1.52. The van der Waals surface area contributed by atoms with Crippen LogP contribution in [0, 0.1) is 6.92 Å². The molecule has 0 spiro atoms. The number of carbonyl (C=O) groups excluding carboxylic acids is 1. The molecule has 0 saturated carbocycles. The van der Waals surface area contributed by atoms with Crippen molar-refractivity contribution in [1.82, 2.24) is 15.1 Å². The molecule has 1 N–H and O–H groups in total. The number of halogens is 1. The van der Waals surface area contributed by atoms with Crippen molar-refractivity contribution in [2.75, 3.05) is 26.8 Å². The number of methoxy groups -OCH3 is 1. The molecule has 0 fully saturated rings. The highest BCUT2D eigenvalue weighted by molar-refractivity contribution is 6.32. The van der Waals surface area contributed by atoms with Crippen molar-refractivity contribution in [2.24, 2.45) is 7.05 Å². The number of hydrogen-bond donors (Lipinski definition) is 1. The second-order valence-electron chi connectivity index (χ2n) is 3.85. The van der Waals surface area contributed by atoms with Crippen LogP contribution < -0.4 is 5.32 Å². The Hall–Kier alpha value is -0.910. The van der Waals surface area contributed by atoms with Crippen molar-refractivity contribution in [3.8, 4) is 0 Å². The van der Waals surface area contributed by atoms with Gasteiger partial charge in [-0.05, 0) is 6.92 Å². The number of rotatable bonds is 7. The van der Waals surface area contributed by atoms with Gasteiger partial charge in [-0.25, -0.2) is 0 Å². The highest BCUT2D eigenvalue weighted by atomic mass is 35.5. The van der Waals surface area contributed by atoms with Gasteiger partial charge in [0.25, 0.3) is 0 Å². The third-order valence-corrected chi connectivity index (χ3v) is 2.92. The van der Waals surface area contributed by atoms with E-state index >= 15 is 0 Å². The first-order chi connectivity index (χ1) is 8.06. The van der Waals surface area contributed by atoms with E-state index in [1.807, 2.05) is 6.92 Å². The highest BCUT2D eigenvalue weighted by Gasteiger charge is 2.14. The molecule has 0 saturated heterocycles. The minimum absolute atomic E-state index is 0.0889. The van der Waals surface area contributed by atoms with Gasteiger partial charge in [-0.2, -0.15) is 5.10 Å². The molecule has 1 aromatic heterocycles. The minimum Gasteiger partial charge on any atom is -0.383 e. The van der Waals surface area contributed by atoms with Crippen molar-refractivity contribution >= 4 is 17.4 Å². The molecule has 0 bridgehead atoms. The largest absolute Gasteiger partial charge is 0.383 e. The van der Waals surface area contributed by atoms with E-state index in [0.717, 1.165) is 11.4 Å². The Labute approximate surface area is 106 Å². The van der Waals surface area contributed by atoms with Crippen LogP contribution in [0.3, 0.4) is 0 Å². The van der Waals surface area contributed by atoms with Gasteiger partial charge in [0.2, 0.25) is 0 Å². The summed E-state index contributed by atoms with van der Waals surface area (Å²) in [4.78, 5) is 11.7. The van der Waals surface area contributed by atoms with Crippen LogP contribution in [0.2, 0.25) is 5.02 Å². The molecule has 1 heterocycles. The third-order valence-electron chi connectivity index (χ3n) is 2.43. The molecular weight excluding hydrogens is 242 g/mol. The van der Waals surface area contributed by atoms with Gasteiger partial charge < -0.3 is 10.1 Å². The maximum atomic E-state index is 11.7. The zero-order valence-electron chi connectivity index (χ0n) is 10.4. The first-order valence-electron chi connectivity index (χ1n) is 5.45. The summed E-state index contributed by atoms with van der Waals surface area (Å²) in [6.07, 6.45) is 0.302. The van der Waals surface area contributed by atoms with E-state index in [0.29, 0.717) is 31.1 Å². The van der Waals surface area contributed by atoms with Crippen LogP contribution in [0.1, 0.15) is 11.4 Å². The molecule has 17 heavy (non-hydrogen) atoms. The molecule has 0 aromatic carbocycles. The van der Waals surface area contributed by atoms with Gasteiger partial charge in [-0.3, -0.25) is 9.48 Å². The zero-order chi connectivity index (χ0) is 12.8.